The Hall–Kier alpha value is -1.96. The molecule has 4 rings (SSSR count). The second-order valence-electron chi connectivity index (χ2n) is 7.08. The Labute approximate surface area is 138 Å². The molecule has 23 heavy (non-hydrogen) atoms. The molecule has 0 saturated carbocycles. The van der Waals surface area contributed by atoms with Crippen molar-refractivity contribution in [2.45, 2.75) is 44.9 Å². The lowest BCUT2D eigenvalue weighted by Crippen LogP contribution is -2.25. The van der Waals surface area contributed by atoms with Gasteiger partial charge in [0.05, 0.1) is 14.2 Å². The summed E-state index contributed by atoms with van der Waals surface area (Å²) in [6, 6.07) is 9.24. The van der Waals surface area contributed by atoms with Gasteiger partial charge < -0.3 is 9.47 Å². The number of rotatable bonds is 2. The molecule has 2 heteroatoms. The standard InChI is InChI=1S/C21H24O2/c1-12-5-14-7-16-8-15(18(14)6-13(12)2)9-17-10-20(22-3)21(23-4)11-19(16)17/h5-6,10-11,15-16H,7-9H2,1-4H3. The Morgan fingerprint density at radius 3 is 1.91 bits per heavy atom. The number of benzene rings is 2. The van der Waals surface area contributed by atoms with E-state index in [2.05, 4.69) is 38.1 Å². The minimum atomic E-state index is 0.609. The molecule has 0 aromatic heterocycles. The van der Waals surface area contributed by atoms with Crippen molar-refractivity contribution in [3.63, 3.8) is 0 Å². The van der Waals surface area contributed by atoms with Gasteiger partial charge in [0.15, 0.2) is 11.5 Å². The first-order valence-corrected chi connectivity index (χ1v) is 8.45. The molecule has 0 spiro atoms. The second-order valence-corrected chi connectivity index (χ2v) is 7.08. The molecule has 0 amide bonds. The van der Waals surface area contributed by atoms with Crippen LogP contribution in [0.5, 0.6) is 11.5 Å². The van der Waals surface area contributed by atoms with Crippen LogP contribution in [0.1, 0.15) is 51.6 Å². The number of hydrogen-bond donors (Lipinski definition) is 0. The van der Waals surface area contributed by atoms with Crippen molar-refractivity contribution in [2.75, 3.05) is 14.2 Å². The lowest BCUT2D eigenvalue weighted by atomic mass is 9.66. The first kappa shape index (κ1) is 14.6. The van der Waals surface area contributed by atoms with Crippen molar-refractivity contribution in [3.05, 3.63) is 57.6 Å². The van der Waals surface area contributed by atoms with E-state index >= 15 is 0 Å². The van der Waals surface area contributed by atoms with Crippen LogP contribution < -0.4 is 9.47 Å². The highest BCUT2D eigenvalue weighted by molar-refractivity contribution is 5.53. The van der Waals surface area contributed by atoms with E-state index in [1.807, 2.05) is 0 Å². The van der Waals surface area contributed by atoms with Crippen LogP contribution in [0, 0.1) is 13.8 Å². The SMILES string of the molecule is COc1cc2c(cc1OC)C1Cc3cc(C)c(C)cc3C(C2)C1. The van der Waals surface area contributed by atoms with E-state index < -0.39 is 0 Å². The number of aryl methyl sites for hydroxylation is 2. The lowest BCUT2D eigenvalue weighted by molar-refractivity contribution is 0.351. The zero-order chi connectivity index (χ0) is 16.1. The van der Waals surface area contributed by atoms with Crippen LogP contribution in [0.2, 0.25) is 0 Å². The topological polar surface area (TPSA) is 18.5 Å². The van der Waals surface area contributed by atoms with Crippen molar-refractivity contribution in [1.29, 1.82) is 0 Å². The van der Waals surface area contributed by atoms with Crippen LogP contribution in [0.25, 0.3) is 0 Å². The van der Waals surface area contributed by atoms with Gasteiger partial charge in [-0.1, -0.05) is 12.1 Å². The van der Waals surface area contributed by atoms with Gasteiger partial charge in [0.1, 0.15) is 0 Å². The molecule has 0 heterocycles. The summed E-state index contributed by atoms with van der Waals surface area (Å²) in [6.45, 7) is 4.45. The fourth-order valence-electron chi connectivity index (χ4n) is 4.46. The maximum Gasteiger partial charge on any atom is 0.161 e. The van der Waals surface area contributed by atoms with Gasteiger partial charge in [0.25, 0.3) is 0 Å². The van der Waals surface area contributed by atoms with Gasteiger partial charge in [0.2, 0.25) is 0 Å². The summed E-state index contributed by atoms with van der Waals surface area (Å²) in [5.74, 6) is 2.97. The highest BCUT2D eigenvalue weighted by Crippen LogP contribution is 2.49. The number of methoxy groups -OCH3 is 2. The van der Waals surface area contributed by atoms with Crippen LogP contribution in [0.4, 0.5) is 0 Å². The maximum absolute atomic E-state index is 5.52. The second kappa shape index (κ2) is 5.30. The van der Waals surface area contributed by atoms with Gasteiger partial charge in [-0.3, -0.25) is 0 Å². The Bertz CT molecular complexity index is 776. The predicted molar refractivity (Wildman–Crippen MR) is 93.0 cm³/mol. The van der Waals surface area contributed by atoms with E-state index in [1.165, 1.54) is 28.7 Å². The summed E-state index contributed by atoms with van der Waals surface area (Å²) in [7, 11) is 3.44. The van der Waals surface area contributed by atoms with Crippen molar-refractivity contribution in [2.24, 2.45) is 0 Å². The molecule has 120 valence electrons. The largest absolute Gasteiger partial charge is 0.493 e. The third-order valence-electron chi connectivity index (χ3n) is 5.78. The average molecular weight is 308 g/mol. The Morgan fingerprint density at radius 1 is 0.739 bits per heavy atom. The minimum Gasteiger partial charge on any atom is -0.493 e. The number of hydrogen-bond acceptors (Lipinski definition) is 2. The smallest absolute Gasteiger partial charge is 0.161 e. The van der Waals surface area contributed by atoms with Crippen molar-refractivity contribution in [3.8, 4) is 11.5 Å². The van der Waals surface area contributed by atoms with E-state index in [-0.39, 0.29) is 0 Å². The van der Waals surface area contributed by atoms with Gasteiger partial charge in [-0.15, -0.1) is 0 Å². The fraction of sp³-hybridized carbons (Fsp3) is 0.429. The molecule has 2 aliphatic rings. The summed E-state index contributed by atoms with van der Waals surface area (Å²) in [4.78, 5) is 0. The predicted octanol–water partition coefficient (Wildman–Crippen LogP) is 4.69. The van der Waals surface area contributed by atoms with Crippen LogP contribution in [-0.2, 0) is 12.8 Å². The molecule has 0 aliphatic heterocycles. The molecule has 2 aliphatic carbocycles. The van der Waals surface area contributed by atoms with Crippen molar-refractivity contribution in [1.82, 2.24) is 0 Å². The monoisotopic (exact) mass is 308 g/mol. The zero-order valence-corrected chi connectivity index (χ0v) is 14.4. The Kier molecular flexibility index (Phi) is 3.37. The van der Waals surface area contributed by atoms with Crippen molar-refractivity contribution >= 4 is 0 Å². The quantitative estimate of drug-likeness (QED) is 0.801. The summed E-state index contributed by atoms with van der Waals surface area (Å²) in [5, 5.41) is 0. The molecule has 2 aromatic carbocycles. The molecule has 2 atom stereocenters. The molecule has 0 radical (unpaired) electrons. The first-order valence-electron chi connectivity index (χ1n) is 8.45. The summed E-state index contributed by atoms with van der Waals surface area (Å²) in [5.41, 5.74) is 8.85. The average Bonchev–Trinajstić information content (AvgIpc) is 2.56. The molecular weight excluding hydrogens is 284 g/mol. The van der Waals surface area contributed by atoms with E-state index in [4.69, 9.17) is 9.47 Å². The molecule has 0 fully saturated rings. The molecule has 2 bridgehead atoms. The number of ether oxygens (including phenoxy) is 2. The van der Waals surface area contributed by atoms with E-state index in [0.717, 1.165) is 24.3 Å². The molecule has 2 aromatic rings. The van der Waals surface area contributed by atoms with Gasteiger partial charge >= 0.3 is 0 Å². The maximum atomic E-state index is 5.52. The van der Waals surface area contributed by atoms with E-state index in [1.54, 1.807) is 25.3 Å². The van der Waals surface area contributed by atoms with Gasteiger partial charge in [-0.2, -0.15) is 0 Å². The van der Waals surface area contributed by atoms with Crippen LogP contribution >= 0.6 is 0 Å². The number of fused-ring (bicyclic) bond motifs is 6. The zero-order valence-electron chi connectivity index (χ0n) is 14.4. The Balaban J connectivity index is 1.81. The lowest BCUT2D eigenvalue weighted by Gasteiger charge is -2.38. The molecule has 2 nitrogen and oxygen atoms in total. The van der Waals surface area contributed by atoms with Crippen LogP contribution in [0.3, 0.4) is 0 Å². The van der Waals surface area contributed by atoms with Gasteiger partial charge in [-0.05, 0) is 90.5 Å². The fourth-order valence-corrected chi connectivity index (χ4v) is 4.46. The minimum absolute atomic E-state index is 0.609. The molecule has 2 unspecified atom stereocenters. The van der Waals surface area contributed by atoms with Crippen LogP contribution in [-0.4, -0.2) is 14.2 Å². The molecular formula is C21H24O2. The third-order valence-corrected chi connectivity index (χ3v) is 5.78. The first-order chi connectivity index (χ1) is 11.1. The summed E-state index contributed by atoms with van der Waals surface area (Å²) >= 11 is 0. The molecule has 0 N–H and O–H groups in total. The van der Waals surface area contributed by atoms with Gasteiger partial charge in [-0.25, -0.2) is 0 Å². The summed E-state index contributed by atoms with van der Waals surface area (Å²) in [6.07, 6.45) is 3.52. The molecule has 0 saturated heterocycles. The highest BCUT2D eigenvalue weighted by Gasteiger charge is 2.35. The normalized spacial score (nSPS) is 21.4. The van der Waals surface area contributed by atoms with E-state index in [0.29, 0.717) is 11.8 Å². The Morgan fingerprint density at radius 2 is 1.26 bits per heavy atom. The summed E-state index contributed by atoms with van der Waals surface area (Å²) < 4.78 is 11.0. The van der Waals surface area contributed by atoms with Crippen LogP contribution in [0.15, 0.2) is 24.3 Å². The van der Waals surface area contributed by atoms with Gasteiger partial charge in [0, 0.05) is 0 Å². The van der Waals surface area contributed by atoms with Crippen molar-refractivity contribution < 1.29 is 9.47 Å². The third kappa shape index (κ3) is 2.23. The van der Waals surface area contributed by atoms with E-state index in [9.17, 15) is 0 Å². The highest BCUT2D eigenvalue weighted by atomic mass is 16.5.